The molecule has 2 N–H and O–H groups in total. The van der Waals surface area contributed by atoms with Crippen molar-refractivity contribution in [2.45, 2.75) is 39.5 Å². The first-order chi connectivity index (χ1) is 12.0. The number of likely N-dealkylation sites (tertiary alicyclic amines) is 1. The van der Waals surface area contributed by atoms with Gasteiger partial charge in [-0.2, -0.15) is 0 Å². The number of hydrogen-bond acceptors (Lipinski definition) is 4. The summed E-state index contributed by atoms with van der Waals surface area (Å²) in [6.45, 7) is 5.84. The van der Waals surface area contributed by atoms with E-state index in [1.54, 1.807) is 0 Å². The molecule has 2 aromatic heterocycles. The lowest BCUT2D eigenvalue weighted by Gasteiger charge is -2.19. The van der Waals surface area contributed by atoms with Crippen molar-refractivity contribution in [3.8, 4) is 0 Å². The first-order valence-corrected chi connectivity index (χ1v) is 9.75. The molecule has 1 aromatic carbocycles. The number of nitrogen functional groups attached to an aromatic ring is 1. The maximum Gasteiger partial charge on any atom is 0.266 e. The number of carbonyl (C=O) groups is 1. The van der Waals surface area contributed by atoms with Crippen LogP contribution >= 0.6 is 11.3 Å². The number of pyridine rings is 1. The van der Waals surface area contributed by atoms with Gasteiger partial charge in [-0.3, -0.25) is 4.79 Å². The number of hydrogen-bond donors (Lipinski definition) is 1. The lowest BCUT2D eigenvalue weighted by molar-refractivity contribution is 0.0767. The van der Waals surface area contributed by atoms with Gasteiger partial charge in [0.15, 0.2) is 0 Å². The van der Waals surface area contributed by atoms with Crippen molar-refractivity contribution in [2.75, 3.05) is 18.8 Å². The first-order valence-electron chi connectivity index (χ1n) is 8.94. The van der Waals surface area contributed by atoms with Crippen molar-refractivity contribution in [3.05, 3.63) is 34.2 Å². The molecule has 130 valence electrons. The fourth-order valence-electron chi connectivity index (χ4n) is 3.73. The molecule has 0 unspecified atom stereocenters. The smallest absolute Gasteiger partial charge is 0.266 e. The van der Waals surface area contributed by atoms with Crippen molar-refractivity contribution in [3.63, 3.8) is 0 Å². The van der Waals surface area contributed by atoms with Gasteiger partial charge in [-0.1, -0.05) is 18.9 Å². The molecule has 25 heavy (non-hydrogen) atoms. The Labute approximate surface area is 151 Å². The summed E-state index contributed by atoms with van der Waals surface area (Å²) >= 11 is 1.43. The van der Waals surface area contributed by atoms with Gasteiger partial charge in [-0.05, 0) is 49.9 Å². The zero-order chi connectivity index (χ0) is 17.6. The van der Waals surface area contributed by atoms with Crippen LogP contribution in [0.15, 0.2) is 18.2 Å². The number of anilines is 1. The van der Waals surface area contributed by atoms with Gasteiger partial charge < -0.3 is 10.6 Å². The van der Waals surface area contributed by atoms with Crippen molar-refractivity contribution >= 4 is 44.1 Å². The minimum atomic E-state index is 0.0689. The Hall–Kier alpha value is -2.14. The highest BCUT2D eigenvalue weighted by molar-refractivity contribution is 7.21. The maximum atomic E-state index is 13.0. The van der Waals surface area contributed by atoms with Gasteiger partial charge in [0.05, 0.1) is 11.2 Å². The number of nitrogens with zero attached hydrogens (tertiary/aromatic N) is 2. The van der Waals surface area contributed by atoms with Crippen LogP contribution in [-0.4, -0.2) is 28.9 Å². The quantitative estimate of drug-likeness (QED) is 0.692. The van der Waals surface area contributed by atoms with Gasteiger partial charge in [0.25, 0.3) is 5.91 Å². The maximum absolute atomic E-state index is 13.0. The summed E-state index contributed by atoms with van der Waals surface area (Å²) in [6.07, 6.45) is 4.57. The fourth-order valence-corrected chi connectivity index (χ4v) is 4.79. The normalized spacial score (nSPS) is 15.7. The summed E-state index contributed by atoms with van der Waals surface area (Å²) in [5.74, 6) is 0.0689. The summed E-state index contributed by atoms with van der Waals surface area (Å²) in [4.78, 5) is 21.2. The Morgan fingerprint density at radius 3 is 2.52 bits per heavy atom. The standard InChI is InChI=1S/C20H23N3OS/c1-12-9-13(2)14-11-15-17(21)18(25-19(15)22-16(14)10-12)20(24)23-7-5-3-4-6-8-23/h9-11H,3-8,21H2,1-2H3. The van der Waals surface area contributed by atoms with Crippen LogP contribution in [0.25, 0.3) is 21.1 Å². The summed E-state index contributed by atoms with van der Waals surface area (Å²) in [5, 5.41) is 2.01. The predicted octanol–water partition coefficient (Wildman–Crippen LogP) is 4.66. The van der Waals surface area contributed by atoms with Crippen LogP contribution in [0.3, 0.4) is 0 Å². The van der Waals surface area contributed by atoms with Crippen LogP contribution in [0.1, 0.15) is 46.5 Å². The topological polar surface area (TPSA) is 59.2 Å². The van der Waals surface area contributed by atoms with E-state index in [9.17, 15) is 4.79 Å². The van der Waals surface area contributed by atoms with E-state index in [1.165, 1.54) is 35.3 Å². The van der Waals surface area contributed by atoms with Crippen molar-refractivity contribution in [2.24, 2.45) is 0 Å². The SMILES string of the molecule is Cc1cc(C)c2cc3c(N)c(C(=O)N4CCCCCC4)sc3nc2c1. The molecule has 3 heterocycles. The monoisotopic (exact) mass is 353 g/mol. The molecule has 1 saturated heterocycles. The molecule has 0 aliphatic carbocycles. The highest BCUT2D eigenvalue weighted by atomic mass is 32.1. The summed E-state index contributed by atoms with van der Waals surface area (Å²) in [7, 11) is 0. The molecule has 0 bridgehead atoms. The largest absolute Gasteiger partial charge is 0.397 e. The van der Waals surface area contributed by atoms with Gasteiger partial charge in [0, 0.05) is 23.9 Å². The van der Waals surface area contributed by atoms with Crippen LogP contribution in [0.4, 0.5) is 5.69 Å². The van der Waals surface area contributed by atoms with Gasteiger partial charge in [-0.25, -0.2) is 4.98 Å². The highest BCUT2D eigenvalue weighted by Gasteiger charge is 2.23. The predicted molar refractivity (Wildman–Crippen MR) is 105 cm³/mol. The second-order valence-corrected chi connectivity index (χ2v) is 8.04. The van der Waals surface area contributed by atoms with Crippen molar-refractivity contribution in [1.82, 2.24) is 9.88 Å². The van der Waals surface area contributed by atoms with E-state index < -0.39 is 0 Å². The summed E-state index contributed by atoms with van der Waals surface area (Å²) in [5.41, 5.74) is 10.3. The Kier molecular flexibility index (Phi) is 4.12. The van der Waals surface area contributed by atoms with Crippen LogP contribution in [-0.2, 0) is 0 Å². The number of fused-ring (bicyclic) bond motifs is 2. The average Bonchev–Trinajstić information content (AvgIpc) is 2.77. The van der Waals surface area contributed by atoms with E-state index >= 15 is 0 Å². The number of rotatable bonds is 1. The van der Waals surface area contributed by atoms with Gasteiger partial charge in [0.1, 0.15) is 9.71 Å². The van der Waals surface area contributed by atoms with Crippen molar-refractivity contribution in [1.29, 1.82) is 0 Å². The average molecular weight is 353 g/mol. The fraction of sp³-hybridized carbons (Fsp3) is 0.400. The molecule has 3 aromatic rings. The molecule has 0 saturated carbocycles. The third-order valence-corrected chi connectivity index (χ3v) is 6.17. The zero-order valence-electron chi connectivity index (χ0n) is 14.8. The first kappa shape index (κ1) is 16.3. The molecule has 0 radical (unpaired) electrons. The molecule has 4 nitrogen and oxygen atoms in total. The number of nitrogens with two attached hydrogens (primary N) is 1. The number of aromatic nitrogens is 1. The van der Waals surface area contributed by atoms with Gasteiger partial charge >= 0.3 is 0 Å². The van der Waals surface area contributed by atoms with E-state index in [-0.39, 0.29) is 5.91 Å². The lowest BCUT2D eigenvalue weighted by atomic mass is 10.0. The molecule has 0 spiro atoms. The van der Waals surface area contributed by atoms with Crippen molar-refractivity contribution < 1.29 is 4.79 Å². The van der Waals surface area contributed by atoms with Crippen LogP contribution in [0, 0.1) is 13.8 Å². The van der Waals surface area contributed by atoms with Gasteiger partial charge in [-0.15, -0.1) is 11.3 Å². The van der Waals surface area contributed by atoms with Crippen LogP contribution in [0.5, 0.6) is 0 Å². The van der Waals surface area contributed by atoms with E-state index in [0.29, 0.717) is 10.6 Å². The number of carbonyl (C=O) groups excluding carboxylic acids is 1. The summed E-state index contributed by atoms with van der Waals surface area (Å²) in [6, 6.07) is 6.34. The molecule has 4 rings (SSSR count). The van der Waals surface area contributed by atoms with Gasteiger partial charge in [0.2, 0.25) is 0 Å². The lowest BCUT2D eigenvalue weighted by Crippen LogP contribution is -2.31. The molecule has 1 aliphatic heterocycles. The summed E-state index contributed by atoms with van der Waals surface area (Å²) < 4.78 is 0. The molecule has 1 amide bonds. The number of aryl methyl sites for hydroxylation is 2. The molecule has 1 fully saturated rings. The van der Waals surface area contributed by atoms with Crippen LogP contribution in [0.2, 0.25) is 0 Å². The highest BCUT2D eigenvalue weighted by Crippen LogP contribution is 2.36. The number of benzene rings is 1. The molecular weight excluding hydrogens is 330 g/mol. The molecule has 1 aliphatic rings. The molecule has 5 heteroatoms. The number of amides is 1. The molecule has 0 atom stereocenters. The van der Waals surface area contributed by atoms with E-state index in [1.807, 2.05) is 4.90 Å². The minimum Gasteiger partial charge on any atom is -0.397 e. The Balaban J connectivity index is 1.82. The number of thiophene rings is 1. The van der Waals surface area contributed by atoms with E-state index in [0.717, 1.165) is 47.1 Å². The van der Waals surface area contributed by atoms with E-state index in [2.05, 4.69) is 32.0 Å². The van der Waals surface area contributed by atoms with E-state index in [4.69, 9.17) is 10.7 Å². The third kappa shape index (κ3) is 2.86. The third-order valence-electron chi connectivity index (χ3n) is 5.07. The minimum absolute atomic E-state index is 0.0689. The molecular formula is C20H23N3OS. The second kappa shape index (κ2) is 6.30. The van der Waals surface area contributed by atoms with Crippen LogP contribution < -0.4 is 5.73 Å². The second-order valence-electron chi connectivity index (χ2n) is 7.04. The Morgan fingerprint density at radius 1 is 1.08 bits per heavy atom. The zero-order valence-corrected chi connectivity index (χ0v) is 15.6. The Bertz CT molecular complexity index is 968. The Morgan fingerprint density at radius 2 is 1.80 bits per heavy atom.